The monoisotopic (exact) mass is 485 g/mol. The first kappa shape index (κ1) is 26.9. The number of hydrogen-bond donors (Lipinski definition) is 4. The molecule has 3 fully saturated rings. The van der Waals surface area contributed by atoms with Gasteiger partial charge >= 0.3 is 12.1 Å². The van der Waals surface area contributed by atoms with Gasteiger partial charge in [0.1, 0.15) is 23.4 Å². The summed E-state index contributed by atoms with van der Waals surface area (Å²) in [6.07, 6.45) is 0.558. The van der Waals surface area contributed by atoms with Crippen LogP contribution in [0.25, 0.3) is 0 Å². The van der Waals surface area contributed by atoms with E-state index in [1.54, 1.807) is 7.11 Å². The fourth-order valence-corrected chi connectivity index (χ4v) is 5.31. The van der Waals surface area contributed by atoms with E-state index in [9.17, 15) is 19.8 Å². The Morgan fingerprint density at radius 2 is 1.97 bits per heavy atom. The van der Waals surface area contributed by atoms with Gasteiger partial charge in [-0.2, -0.15) is 0 Å². The molecule has 0 aromatic carbocycles. The number of aliphatic hydroxyl groups is 2. The van der Waals surface area contributed by atoms with Crippen molar-refractivity contribution in [3.8, 4) is 0 Å². The highest BCUT2D eigenvalue weighted by Gasteiger charge is 2.72. The first-order valence-electron chi connectivity index (χ1n) is 12.0. The van der Waals surface area contributed by atoms with Gasteiger partial charge in [0.15, 0.2) is 0 Å². The van der Waals surface area contributed by atoms with Crippen molar-refractivity contribution in [2.75, 3.05) is 20.3 Å². The van der Waals surface area contributed by atoms with Gasteiger partial charge in [-0.3, -0.25) is 4.79 Å². The minimum atomic E-state index is -1.13. The van der Waals surface area contributed by atoms with Crippen LogP contribution in [0.1, 0.15) is 59.3 Å². The van der Waals surface area contributed by atoms with E-state index in [2.05, 4.69) is 32.2 Å². The number of alkyl carbamates (subject to hydrolysis) is 1. The van der Waals surface area contributed by atoms with Crippen LogP contribution in [-0.4, -0.2) is 89.4 Å². The summed E-state index contributed by atoms with van der Waals surface area (Å²) in [5, 5.41) is 30.8. The molecule has 0 aromatic rings. The molecule has 1 unspecified atom stereocenters. The first-order chi connectivity index (χ1) is 16.0. The van der Waals surface area contributed by atoms with Crippen LogP contribution in [0.2, 0.25) is 0 Å². The van der Waals surface area contributed by atoms with Crippen molar-refractivity contribution in [1.29, 1.82) is 0 Å². The van der Waals surface area contributed by atoms with E-state index in [-0.39, 0.29) is 43.1 Å². The van der Waals surface area contributed by atoms with Gasteiger partial charge in [-0.05, 0) is 52.9 Å². The highest BCUT2D eigenvalue weighted by Crippen LogP contribution is 2.59. The number of aliphatic hydroxyl groups excluding tert-OH is 2. The largest absolute Gasteiger partial charge is 0.481 e. The molecule has 2 heterocycles. The number of hydrogen-bond acceptors (Lipinski definition) is 8. The van der Waals surface area contributed by atoms with Crippen molar-refractivity contribution in [1.82, 2.24) is 5.32 Å². The Kier molecular flexibility index (Phi) is 8.62. The van der Waals surface area contributed by atoms with Crippen molar-refractivity contribution in [3.05, 3.63) is 11.6 Å². The number of carbonyl (C=O) groups excluding carboxylic acids is 1. The number of carboxylic acid groups (broad SMARTS) is 1. The lowest BCUT2D eigenvalue weighted by Gasteiger charge is -2.42. The van der Waals surface area contributed by atoms with E-state index in [4.69, 9.17) is 24.1 Å². The molecule has 8 atom stereocenters. The third-order valence-corrected chi connectivity index (χ3v) is 7.20. The molecule has 1 saturated carbocycles. The maximum absolute atomic E-state index is 12.4. The van der Waals surface area contributed by atoms with Gasteiger partial charge in [-0.15, -0.1) is 0 Å². The second kappa shape index (κ2) is 10.9. The molecular formula is C24H39NO9. The Morgan fingerprint density at radius 3 is 2.56 bits per heavy atom. The van der Waals surface area contributed by atoms with Crippen LogP contribution in [0.5, 0.6) is 0 Å². The van der Waals surface area contributed by atoms with Crippen molar-refractivity contribution in [2.45, 2.75) is 101 Å². The van der Waals surface area contributed by atoms with Crippen molar-refractivity contribution >= 4 is 12.1 Å². The molecule has 10 heteroatoms. The molecule has 1 aliphatic carbocycles. The molecule has 194 valence electrons. The second-order valence-electron chi connectivity index (χ2n) is 10.2. The van der Waals surface area contributed by atoms with Gasteiger partial charge in [-0.25, -0.2) is 4.79 Å². The first-order valence-corrected chi connectivity index (χ1v) is 12.0. The van der Waals surface area contributed by atoms with Gasteiger partial charge in [-0.1, -0.05) is 11.6 Å². The number of allylic oxidation sites excluding steroid dienone is 1. The molecule has 2 saturated heterocycles. The maximum Gasteiger partial charge on any atom is 0.407 e. The molecule has 0 bridgehead atoms. The number of aliphatic carboxylic acids is 1. The Labute approximate surface area is 200 Å². The third-order valence-electron chi connectivity index (χ3n) is 7.20. The Hall–Kier alpha value is -1.72. The van der Waals surface area contributed by atoms with E-state index < -0.39 is 42.4 Å². The fourth-order valence-electron chi connectivity index (χ4n) is 5.31. The summed E-state index contributed by atoms with van der Waals surface area (Å²) in [6.45, 7) is 6.98. The molecule has 0 radical (unpaired) electrons. The van der Waals surface area contributed by atoms with Gasteiger partial charge in [0.2, 0.25) is 0 Å². The summed E-state index contributed by atoms with van der Waals surface area (Å²) in [6, 6.07) is 0. The molecule has 34 heavy (non-hydrogen) atoms. The molecule has 0 aromatic heterocycles. The lowest BCUT2D eigenvalue weighted by molar-refractivity contribution is -0.139. The van der Waals surface area contributed by atoms with Crippen LogP contribution in [0.3, 0.4) is 0 Å². The fraction of sp³-hybridized carbons (Fsp3) is 0.833. The van der Waals surface area contributed by atoms with Gasteiger partial charge < -0.3 is 39.6 Å². The van der Waals surface area contributed by atoms with Gasteiger partial charge in [0.25, 0.3) is 0 Å². The van der Waals surface area contributed by atoms with E-state index in [1.165, 1.54) is 5.57 Å². The summed E-state index contributed by atoms with van der Waals surface area (Å²) in [5.74, 6) is -1.20. The Bertz CT molecular complexity index is 764. The van der Waals surface area contributed by atoms with E-state index >= 15 is 0 Å². The minimum Gasteiger partial charge on any atom is -0.481 e. The normalized spacial score (nSPS) is 35.8. The lowest BCUT2D eigenvalue weighted by atomic mass is 9.68. The molecule has 2 aliphatic heterocycles. The number of amides is 1. The summed E-state index contributed by atoms with van der Waals surface area (Å²) in [5.41, 5.74) is 0.524. The zero-order valence-electron chi connectivity index (χ0n) is 20.5. The third kappa shape index (κ3) is 6.48. The molecule has 1 amide bonds. The summed E-state index contributed by atoms with van der Waals surface area (Å²) in [4.78, 5) is 23.0. The molecule has 1 spiro atoms. The summed E-state index contributed by atoms with van der Waals surface area (Å²) in [7, 11) is 1.61. The Balaban J connectivity index is 1.51. The van der Waals surface area contributed by atoms with Crippen molar-refractivity contribution < 1.29 is 43.9 Å². The molecule has 3 rings (SSSR count). The van der Waals surface area contributed by atoms with Crippen LogP contribution < -0.4 is 5.32 Å². The summed E-state index contributed by atoms with van der Waals surface area (Å²) < 4.78 is 23.6. The number of epoxide rings is 2. The number of rotatable bonds is 12. The number of carboxylic acids is 1. The zero-order valence-corrected chi connectivity index (χ0v) is 20.5. The topological polar surface area (TPSA) is 150 Å². The van der Waals surface area contributed by atoms with E-state index in [0.717, 1.165) is 12.8 Å². The van der Waals surface area contributed by atoms with E-state index in [1.807, 2.05) is 0 Å². The molecule has 10 nitrogen and oxygen atoms in total. The SMILES string of the molecule is CO[C@@H]1[C@H](OC(=O)NCC[C@@H](O)C[C@@H](O)CC(=O)O)CC[C@]2(CO2)[C@H]1[C@@]1(C)OC1CC=C(C)C. The average molecular weight is 486 g/mol. The second-order valence-corrected chi connectivity index (χ2v) is 10.2. The van der Waals surface area contributed by atoms with Gasteiger partial charge in [0, 0.05) is 13.7 Å². The Morgan fingerprint density at radius 1 is 1.26 bits per heavy atom. The molecular weight excluding hydrogens is 446 g/mol. The quantitative estimate of drug-likeness (QED) is 0.239. The number of methoxy groups -OCH3 is 1. The molecule has 4 N–H and O–H groups in total. The van der Waals surface area contributed by atoms with Crippen molar-refractivity contribution in [3.63, 3.8) is 0 Å². The van der Waals surface area contributed by atoms with E-state index in [0.29, 0.717) is 13.0 Å². The predicted molar refractivity (Wildman–Crippen MR) is 121 cm³/mol. The van der Waals surface area contributed by atoms with Crippen LogP contribution in [0.15, 0.2) is 11.6 Å². The predicted octanol–water partition coefficient (Wildman–Crippen LogP) is 1.77. The van der Waals surface area contributed by atoms with Crippen molar-refractivity contribution in [2.24, 2.45) is 5.92 Å². The number of ether oxygens (including phenoxy) is 4. The van der Waals surface area contributed by atoms with Gasteiger partial charge in [0.05, 0.1) is 37.3 Å². The highest BCUT2D eigenvalue weighted by molar-refractivity contribution is 5.67. The maximum atomic E-state index is 12.4. The summed E-state index contributed by atoms with van der Waals surface area (Å²) >= 11 is 0. The standard InChI is InChI=1S/C24H39NO9/c1-14(2)5-6-18-23(3,34-18)21-20(31-4)17(7-9-24(21)13-32-24)33-22(30)25-10-8-15(26)11-16(27)12-19(28)29/h5,15-18,20-21,26-27H,6-13H2,1-4H3,(H,25,30)(H,28,29)/t15-,16-,17-,18?,20-,21-,23+,24+/m1/s1. The highest BCUT2D eigenvalue weighted by atomic mass is 16.6. The smallest absolute Gasteiger partial charge is 0.407 e. The van der Waals surface area contributed by atoms with Crippen LogP contribution in [0, 0.1) is 5.92 Å². The average Bonchev–Trinajstić information content (AvgIpc) is 3.64. The zero-order chi connectivity index (χ0) is 25.1. The number of nitrogens with one attached hydrogen (secondary N) is 1. The van der Waals surface area contributed by atoms with Crippen LogP contribution >= 0.6 is 0 Å². The molecule has 3 aliphatic rings. The number of carbonyl (C=O) groups is 2. The van der Waals surface area contributed by atoms with Crippen LogP contribution in [0.4, 0.5) is 4.79 Å². The lowest BCUT2D eigenvalue weighted by Crippen LogP contribution is -2.56. The minimum absolute atomic E-state index is 0.0651. The van der Waals surface area contributed by atoms with Crippen LogP contribution in [-0.2, 0) is 23.7 Å².